The second kappa shape index (κ2) is 20.4. The van der Waals surface area contributed by atoms with Gasteiger partial charge in [0.2, 0.25) is 0 Å². The topological polar surface area (TPSA) is 64.1 Å². The predicted molar refractivity (Wildman–Crippen MR) is 352 cm³/mol. The lowest BCUT2D eigenvalue weighted by molar-refractivity contribution is 1.16. The van der Waals surface area contributed by atoms with Crippen molar-refractivity contribution in [1.29, 1.82) is 0 Å². The van der Waals surface area contributed by atoms with Gasteiger partial charge in [0.25, 0.3) is 0 Å². The van der Waals surface area contributed by atoms with Gasteiger partial charge in [-0.15, -0.1) is 0 Å². The first kappa shape index (κ1) is 49.2. The van der Waals surface area contributed by atoms with Crippen LogP contribution in [0.1, 0.15) is 0 Å². The molecule has 0 bridgehead atoms. The van der Waals surface area contributed by atoms with Gasteiger partial charge < -0.3 is 23.5 Å². The van der Waals surface area contributed by atoms with Crippen molar-refractivity contribution in [2.24, 2.45) is 0 Å². The van der Waals surface area contributed by atoms with E-state index in [2.05, 4.69) is 282 Å². The van der Waals surface area contributed by atoms with E-state index in [9.17, 15) is 4.79 Å². The number of pyridine rings is 3. The molecule has 0 aliphatic heterocycles. The molecular weight excluding hydrogens is 1040 g/mol. The van der Waals surface area contributed by atoms with E-state index in [1.807, 2.05) is 61.2 Å². The molecule has 5 aromatic heterocycles. The molecule has 0 spiro atoms. The number of anilines is 6. The van der Waals surface area contributed by atoms with Gasteiger partial charge in [0, 0.05) is 108 Å². The summed E-state index contributed by atoms with van der Waals surface area (Å²) < 4.78 is 6.93. The molecule has 16 aromatic rings. The molecule has 0 saturated carbocycles. The van der Waals surface area contributed by atoms with Gasteiger partial charge in [-0.1, -0.05) is 121 Å². The smallest absolute Gasteiger partial charge is 0.197 e. The average Bonchev–Trinajstić information content (AvgIpc) is 4.31. The van der Waals surface area contributed by atoms with Gasteiger partial charge in [-0.2, -0.15) is 0 Å². The number of rotatable bonds is 11. The normalized spacial score (nSPS) is 11.6. The van der Waals surface area contributed by atoms with Gasteiger partial charge in [-0.25, -0.2) is 0 Å². The summed E-state index contributed by atoms with van der Waals surface area (Å²) >= 11 is 0. The van der Waals surface area contributed by atoms with E-state index in [1.165, 1.54) is 0 Å². The molecule has 11 aromatic carbocycles. The Morgan fingerprint density at radius 3 is 0.988 bits per heavy atom. The molecule has 0 unspecified atom stereocenters. The molecule has 0 amide bonds. The monoisotopic (exact) mass is 1090 g/mol. The fourth-order valence-corrected chi connectivity index (χ4v) is 12.7. The summed E-state index contributed by atoms with van der Waals surface area (Å²) in [5.74, 6) is 0. The lowest BCUT2D eigenvalue weighted by Gasteiger charge is -2.25. The number of para-hydroxylation sites is 6. The Hall–Kier alpha value is -11.6. The summed E-state index contributed by atoms with van der Waals surface area (Å²) in [6, 6.07) is 100. The van der Waals surface area contributed by atoms with Gasteiger partial charge >= 0.3 is 0 Å². The highest BCUT2D eigenvalue weighted by Gasteiger charge is 2.21. The minimum atomic E-state index is 0.0218. The molecule has 8 heteroatoms. The Bertz CT molecular complexity index is 4850. The fraction of sp³-hybridized carbons (Fsp3) is 0. The summed E-state index contributed by atoms with van der Waals surface area (Å²) in [5.41, 5.74) is 19.7. The SMILES string of the molecule is O=c1c2ccccc2n(-c2cc(-c3ccc(-n4c5ccncc5c5cc(N(c6ccccc6)c6ccccc6)ccc54)cc3)cc(-c3ccc(-n4c5ccncc5c5cc(N(c6ccccc6)c6ccccc6)ccc54)cc3)c2)c2ccccc12. The molecular formula is C77H51N7O. The van der Waals surface area contributed by atoms with Crippen LogP contribution < -0.4 is 15.2 Å². The van der Waals surface area contributed by atoms with Crippen molar-refractivity contribution in [2.45, 2.75) is 0 Å². The Morgan fingerprint density at radius 2 is 0.588 bits per heavy atom. The van der Waals surface area contributed by atoms with E-state index >= 15 is 0 Å². The first-order chi connectivity index (χ1) is 42.1. The van der Waals surface area contributed by atoms with Gasteiger partial charge in [0.15, 0.2) is 5.43 Å². The van der Waals surface area contributed by atoms with Crippen molar-refractivity contribution >= 4 is 99.5 Å². The summed E-state index contributed by atoms with van der Waals surface area (Å²) in [5, 5.41) is 5.72. The van der Waals surface area contributed by atoms with Gasteiger partial charge in [-0.05, 0) is 186 Å². The van der Waals surface area contributed by atoms with Crippen LogP contribution in [0.2, 0.25) is 0 Å². The minimum Gasteiger partial charge on any atom is -0.310 e. The molecule has 400 valence electrons. The number of hydrogen-bond acceptors (Lipinski definition) is 5. The second-order valence-electron chi connectivity index (χ2n) is 21.4. The molecule has 0 N–H and O–H groups in total. The number of aromatic nitrogens is 5. The van der Waals surface area contributed by atoms with Crippen LogP contribution in [0, 0.1) is 0 Å². The first-order valence-electron chi connectivity index (χ1n) is 28.6. The molecule has 5 heterocycles. The molecule has 0 aliphatic rings. The predicted octanol–water partition coefficient (Wildman–Crippen LogP) is 19.4. The molecule has 0 saturated heterocycles. The largest absolute Gasteiger partial charge is 0.310 e. The highest BCUT2D eigenvalue weighted by atomic mass is 16.1. The van der Waals surface area contributed by atoms with Crippen LogP contribution in [-0.4, -0.2) is 23.7 Å². The quantitative estimate of drug-likeness (QED) is 0.121. The summed E-state index contributed by atoms with van der Waals surface area (Å²) in [7, 11) is 0. The lowest BCUT2D eigenvalue weighted by Crippen LogP contribution is -2.10. The second-order valence-corrected chi connectivity index (χ2v) is 21.4. The summed E-state index contributed by atoms with van der Waals surface area (Å²) in [6.07, 6.45) is 7.71. The van der Waals surface area contributed by atoms with Crippen LogP contribution in [0.4, 0.5) is 34.1 Å². The van der Waals surface area contributed by atoms with Crippen LogP contribution in [-0.2, 0) is 0 Å². The van der Waals surface area contributed by atoms with Crippen molar-refractivity contribution in [3.8, 4) is 39.3 Å². The Balaban J connectivity index is 0.818. The Labute approximate surface area is 489 Å². The zero-order valence-electron chi connectivity index (χ0n) is 46.0. The maximum absolute atomic E-state index is 14.1. The number of nitrogens with zero attached hydrogens (tertiary/aromatic N) is 7. The Morgan fingerprint density at radius 1 is 0.247 bits per heavy atom. The molecule has 8 nitrogen and oxygen atoms in total. The highest BCUT2D eigenvalue weighted by molar-refractivity contribution is 6.12. The van der Waals surface area contributed by atoms with Crippen molar-refractivity contribution in [1.82, 2.24) is 23.7 Å². The van der Waals surface area contributed by atoms with Gasteiger partial charge in [-0.3, -0.25) is 14.8 Å². The molecule has 16 rings (SSSR count). The Kier molecular flexibility index (Phi) is 11.8. The van der Waals surface area contributed by atoms with Crippen LogP contribution >= 0.6 is 0 Å². The summed E-state index contributed by atoms with van der Waals surface area (Å²) in [4.78, 5) is 28.0. The molecule has 85 heavy (non-hydrogen) atoms. The van der Waals surface area contributed by atoms with E-state index in [1.54, 1.807) is 0 Å². The van der Waals surface area contributed by atoms with Gasteiger partial charge in [0.05, 0.1) is 33.1 Å². The third-order valence-electron chi connectivity index (χ3n) is 16.5. The van der Waals surface area contributed by atoms with Crippen molar-refractivity contribution in [3.63, 3.8) is 0 Å². The molecule has 0 radical (unpaired) electrons. The van der Waals surface area contributed by atoms with Crippen molar-refractivity contribution < 1.29 is 0 Å². The van der Waals surface area contributed by atoms with E-state index in [0.29, 0.717) is 10.8 Å². The first-order valence-corrected chi connectivity index (χ1v) is 28.6. The fourth-order valence-electron chi connectivity index (χ4n) is 12.7. The van der Waals surface area contributed by atoms with Crippen LogP contribution in [0.25, 0.3) is 105 Å². The number of hydrogen-bond donors (Lipinski definition) is 0. The van der Waals surface area contributed by atoms with Crippen molar-refractivity contribution in [2.75, 3.05) is 9.80 Å². The minimum absolute atomic E-state index is 0.0218. The van der Waals surface area contributed by atoms with Crippen LogP contribution in [0.15, 0.2) is 315 Å². The van der Waals surface area contributed by atoms with E-state index in [0.717, 1.165) is 128 Å². The average molecular weight is 1090 g/mol. The van der Waals surface area contributed by atoms with Crippen LogP contribution in [0.5, 0.6) is 0 Å². The standard InChI is InChI=1S/C77H51N7O/c85-77-65-25-13-15-27-71(65)84(72-28-16-14-26-66(72)77)64-46-54(52-29-33-60(34-30-52)82-73-39-37-62(48-67(73)69-50-78-43-41-75(69)82)80(56-17-5-1-6-18-56)57-19-7-2-8-20-57)45-55(47-64)53-31-35-61(36-32-53)83-74-40-38-63(49-68(74)70-51-79-44-42-76(70)83)81(58-21-9-3-10-22-58)59-23-11-4-12-24-59/h1-51H. The molecule has 0 fully saturated rings. The zero-order valence-corrected chi connectivity index (χ0v) is 46.0. The molecule has 0 atom stereocenters. The van der Waals surface area contributed by atoms with Gasteiger partial charge in [0.1, 0.15) is 0 Å². The lowest BCUT2D eigenvalue weighted by atomic mass is 9.97. The third-order valence-corrected chi connectivity index (χ3v) is 16.5. The maximum Gasteiger partial charge on any atom is 0.197 e. The molecule has 0 aliphatic carbocycles. The van der Waals surface area contributed by atoms with E-state index in [4.69, 9.17) is 0 Å². The van der Waals surface area contributed by atoms with E-state index < -0.39 is 0 Å². The summed E-state index contributed by atoms with van der Waals surface area (Å²) in [6.45, 7) is 0. The van der Waals surface area contributed by atoms with Crippen molar-refractivity contribution in [3.05, 3.63) is 320 Å². The number of fused-ring (bicyclic) bond motifs is 8. The maximum atomic E-state index is 14.1. The number of benzene rings is 11. The third kappa shape index (κ3) is 8.42. The highest BCUT2D eigenvalue weighted by Crippen LogP contribution is 2.43. The van der Waals surface area contributed by atoms with E-state index in [-0.39, 0.29) is 5.43 Å². The zero-order chi connectivity index (χ0) is 56.4. The van der Waals surface area contributed by atoms with Crippen LogP contribution in [0.3, 0.4) is 0 Å².